The van der Waals surface area contributed by atoms with Crippen molar-refractivity contribution in [2.45, 2.75) is 20.8 Å². The molecule has 0 radical (unpaired) electrons. The Morgan fingerprint density at radius 1 is 0.897 bits per heavy atom. The molecule has 0 fully saturated rings. The molecular weight excluding hydrogens is 364 g/mol. The number of esters is 1. The van der Waals surface area contributed by atoms with Crippen LogP contribution in [0.3, 0.4) is 0 Å². The summed E-state index contributed by atoms with van der Waals surface area (Å²) in [5, 5.41) is 0.439. The highest BCUT2D eigenvalue weighted by atomic mass is 16.5. The molecule has 0 spiro atoms. The molecule has 3 aromatic carbocycles. The number of hydrogen-bond donors (Lipinski definition) is 0. The van der Waals surface area contributed by atoms with Crippen LogP contribution >= 0.6 is 0 Å². The van der Waals surface area contributed by atoms with E-state index in [-0.39, 0.29) is 5.43 Å². The second-order valence-corrected chi connectivity index (χ2v) is 7.17. The first-order valence-electron chi connectivity index (χ1n) is 9.35. The van der Waals surface area contributed by atoms with Gasteiger partial charge in [-0.1, -0.05) is 48.0 Å². The van der Waals surface area contributed by atoms with Crippen molar-refractivity contribution in [1.29, 1.82) is 0 Å². The zero-order valence-electron chi connectivity index (χ0n) is 16.5. The Kier molecular flexibility index (Phi) is 4.77. The first-order valence-corrected chi connectivity index (χ1v) is 9.35. The fourth-order valence-corrected chi connectivity index (χ4v) is 3.65. The maximum atomic E-state index is 12.8. The summed E-state index contributed by atoms with van der Waals surface area (Å²) in [4.78, 5) is 25.5. The van der Waals surface area contributed by atoms with E-state index in [0.717, 1.165) is 22.3 Å². The zero-order valence-corrected chi connectivity index (χ0v) is 16.5. The van der Waals surface area contributed by atoms with Gasteiger partial charge >= 0.3 is 5.97 Å². The van der Waals surface area contributed by atoms with E-state index in [0.29, 0.717) is 27.8 Å². The molecular formula is C25H20O4. The summed E-state index contributed by atoms with van der Waals surface area (Å²) in [5.74, 6) is -0.0971. The zero-order chi connectivity index (χ0) is 20.5. The molecule has 1 aromatic heterocycles. The fraction of sp³-hybridized carbons (Fsp3) is 0.120. The van der Waals surface area contributed by atoms with Gasteiger partial charge in [0.25, 0.3) is 0 Å². The van der Waals surface area contributed by atoms with Crippen molar-refractivity contribution >= 4 is 16.9 Å². The van der Waals surface area contributed by atoms with Crippen molar-refractivity contribution in [2.75, 3.05) is 0 Å². The van der Waals surface area contributed by atoms with Gasteiger partial charge in [0.1, 0.15) is 17.6 Å². The molecule has 0 aliphatic carbocycles. The molecule has 4 heteroatoms. The molecule has 0 saturated carbocycles. The van der Waals surface area contributed by atoms with Crippen LogP contribution in [0.2, 0.25) is 0 Å². The SMILES string of the molecule is Cc1cc(C)c(C(=O)Oc2ccc3c(=O)c(-c4ccccc4)coc3c2)c(C)c1. The van der Waals surface area contributed by atoms with Gasteiger partial charge in [0.05, 0.1) is 16.5 Å². The smallest absolute Gasteiger partial charge is 0.344 e. The summed E-state index contributed by atoms with van der Waals surface area (Å²) in [6, 6.07) is 18.1. The minimum atomic E-state index is -0.428. The Morgan fingerprint density at radius 2 is 1.59 bits per heavy atom. The van der Waals surface area contributed by atoms with E-state index in [4.69, 9.17) is 9.15 Å². The quantitative estimate of drug-likeness (QED) is 0.341. The summed E-state index contributed by atoms with van der Waals surface area (Å²) in [6.07, 6.45) is 1.44. The molecule has 0 aliphatic heterocycles. The molecule has 4 rings (SSSR count). The maximum Gasteiger partial charge on any atom is 0.344 e. The topological polar surface area (TPSA) is 56.5 Å². The van der Waals surface area contributed by atoms with Gasteiger partial charge in [0, 0.05) is 6.07 Å². The van der Waals surface area contributed by atoms with Crippen LogP contribution in [-0.2, 0) is 0 Å². The number of hydrogen-bond acceptors (Lipinski definition) is 4. The van der Waals surface area contributed by atoms with Crippen molar-refractivity contribution in [3.8, 4) is 16.9 Å². The first kappa shape index (κ1) is 18.7. The number of rotatable bonds is 3. The van der Waals surface area contributed by atoms with Gasteiger partial charge in [-0.05, 0) is 49.6 Å². The Morgan fingerprint density at radius 3 is 2.28 bits per heavy atom. The van der Waals surface area contributed by atoms with Gasteiger partial charge < -0.3 is 9.15 Å². The normalized spacial score (nSPS) is 10.9. The molecule has 0 unspecified atom stereocenters. The van der Waals surface area contributed by atoms with Crippen molar-refractivity contribution < 1.29 is 13.9 Å². The minimum Gasteiger partial charge on any atom is -0.463 e. The lowest BCUT2D eigenvalue weighted by Gasteiger charge is -2.11. The van der Waals surface area contributed by atoms with Gasteiger partial charge in [-0.2, -0.15) is 0 Å². The average molecular weight is 384 g/mol. The van der Waals surface area contributed by atoms with E-state index >= 15 is 0 Å². The summed E-state index contributed by atoms with van der Waals surface area (Å²) < 4.78 is 11.2. The lowest BCUT2D eigenvalue weighted by atomic mass is 10.00. The van der Waals surface area contributed by atoms with Gasteiger partial charge in [0.2, 0.25) is 0 Å². The standard InChI is InChI=1S/C25H20O4/c1-15-11-16(2)23(17(3)12-15)25(27)29-19-9-10-20-22(13-19)28-14-21(24(20)26)18-7-5-4-6-8-18/h4-14H,1-3H3. The highest BCUT2D eigenvalue weighted by Crippen LogP contribution is 2.25. The van der Waals surface area contributed by atoms with Crippen LogP contribution < -0.4 is 10.2 Å². The average Bonchev–Trinajstić information content (AvgIpc) is 2.68. The van der Waals surface area contributed by atoms with E-state index < -0.39 is 5.97 Å². The van der Waals surface area contributed by atoms with Crippen LogP contribution in [0.4, 0.5) is 0 Å². The summed E-state index contributed by atoms with van der Waals surface area (Å²) in [5.41, 5.74) is 4.92. The third-order valence-corrected chi connectivity index (χ3v) is 4.92. The van der Waals surface area contributed by atoms with Gasteiger partial charge in [-0.25, -0.2) is 4.79 Å². The molecule has 0 bridgehead atoms. The molecule has 0 saturated heterocycles. The summed E-state index contributed by atoms with van der Waals surface area (Å²) >= 11 is 0. The Hall–Kier alpha value is -3.66. The predicted molar refractivity (Wildman–Crippen MR) is 114 cm³/mol. The van der Waals surface area contributed by atoms with Gasteiger partial charge in [-0.15, -0.1) is 0 Å². The number of ether oxygens (including phenoxy) is 1. The molecule has 0 atom stereocenters. The highest BCUT2D eigenvalue weighted by molar-refractivity contribution is 5.94. The van der Waals surface area contributed by atoms with Crippen LogP contribution in [0, 0.1) is 20.8 Å². The van der Waals surface area contributed by atoms with Crippen LogP contribution in [0.15, 0.2) is 76.1 Å². The fourth-order valence-electron chi connectivity index (χ4n) is 3.65. The number of fused-ring (bicyclic) bond motifs is 1. The lowest BCUT2D eigenvalue weighted by molar-refractivity contribution is 0.0733. The summed E-state index contributed by atoms with van der Waals surface area (Å²) in [7, 11) is 0. The molecule has 0 N–H and O–H groups in total. The second-order valence-electron chi connectivity index (χ2n) is 7.17. The van der Waals surface area contributed by atoms with Gasteiger partial charge in [-0.3, -0.25) is 4.79 Å². The predicted octanol–water partition coefficient (Wildman–Crippen LogP) is 5.60. The van der Waals surface area contributed by atoms with Crippen LogP contribution in [0.1, 0.15) is 27.0 Å². The van der Waals surface area contributed by atoms with E-state index in [9.17, 15) is 9.59 Å². The van der Waals surface area contributed by atoms with Gasteiger partial charge in [0.15, 0.2) is 5.43 Å². The van der Waals surface area contributed by atoms with Crippen molar-refractivity contribution in [3.05, 3.63) is 99.4 Å². The van der Waals surface area contributed by atoms with E-state index in [1.54, 1.807) is 18.2 Å². The molecule has 1 heterocycles. The molecule has 0 aliphatic rings. The van der Waals surface area contributed by atoms with E-state index in [2.05, 4.69) is 0 Å². The largest absolute Gasteiger partial charge is 0.463 e. The number of aryl methyl sites for hydroxylation is 3. The van der Waals surface area contributed by atoms with Crippen LogP contribution in [0.25, 0.3) is 22.1 Å². The summed E-state index contributed by atoms with van der Waals surface area (Å²) in [6.45, 7) is 5.77. The Balaban J connectivity index is 1.68. The monoisotopic (exact) mass is 384 g/mol. The highest BCUT2D eigenvalue weighted by Gasteiger charge is 2.16. The van der Waals surface area contributed by atoms with Crippen molar-refractivity contribution in [3.63, 3.8) is 0 Å². The minimum absolute atomic E-state index is 0.124. The van der Waals surface area contributed by atoms with Crippen LogP contribution in [0.5, 0.6) is 5.75 Å². The van der Waals surface area contributed by atoms with Crippen LogP contribution in [-0.4, -0.2) is 5.97 Å². The second kappa shape index (κ2) is 7.40. The third kappa shape index (κ3) is 3.57. The molecule has 4 aromatic rings. The molecule has 29 heavy (non-hydrogen) atoms. The Bertz CT molecular complexity index is 1260. The first-order chi connectivity index (χ1) is 13.9. The molecule has 0 amide bonds. The third-order valence-electron chi connectivity index (χ3n) is 4.92. The maximum absolute atomic E-state index is 12.8. The Labute approximate surface area is 168 Å². The number of benzene rings is 3. The molecule has 144 valence electrons. The van der Waals surface area contributed by atoms with Crippen molar-refractivity contribution in [1.82, 2.24) is 0 Å². The van der Waals surface area contributed by atoms with Crippen molar-refractivity contribution in [2.24, 2.45) is 0 Å². The molecule has 4 nitrogen and oxygen atoms in total. The lowest BCUT2D eigenvalue weighted by Crippen LogP contribution is -2.12. The number of carbonyl (C=O) groups is 1. The van der Waals surface area contributed by atoms with E-state index in [1.165, 1.54) is 6.26 Å². The number of carbonyl (C=O) groups excluding carboxylic acids is 1. The van der Waals surface area contributed by atoms with E-state index in [1.807, 2.05) is 63.2 Å².